The summed E-state index contributed by atoms with van der Waals surface area (Å²) in [6.07, 6.45) is -2.57. The molecule has 0 bridgehead atoms. The molecule has 0 spiro atoms. The van der Waals surface area contributed by atoms with Crippen LogP contribution in [0.25, 0.3) is 10.6 Å². The first kappa shape index (κ1) is 15.3. The second-order valence-electron chi connectivity index (χ2n) is 4.47. The van der Waals surface area contributed by atoms with Crippen LogP contribution in [-0.4, -0.2) is 17.4 Å². The van der Waals surface area contributed by atoms with E-state index in [1.807, 2.05) is 30.5 Å². The molecule has 2 aromatic rings. The quantitative estimate of drug-likeness (QED) is 0.859. The van der Waals surface area contributed by atoms with E-state index in [9.17, 15) is 13.2 Å². The van der Waals surface area contributed by atoms with Crippen LogP contribution < -0.4 is 5.73 Å². The van der Waals surface area contributed by atoms with Gasteiger partial charge in [0.05, 0.1) is 5.69 Å². The van der Waals surface area contributed by atoms with Gasteiger partial charge in [0.15, 0.2) is 5.54 Å². The number of alkyl halides is 3. The van der Waals surface area contributed by atoms with Gasteiger partial charge in [-0.3, -0.25) is 0 Å². The van der Waals surface area contributed by atoms with Gasteiger partial charge in [0.1, 0.15) is 5.01 Å². The Morgan fingerprint density at radius 2 is 1.80 bits per heavy atom. The van der Waals surface area contributed by atoms with Crippen molar-refractivity contribution in [2.75, 3.05) is 6.26 Å². The Kier molecular flexibility index (Phi) is 4.13. The van der Waals surface area contributed by atoms with Gasteiger partial charge in [-0.05, 0) is 25.3 Å². The fraction of sp³-hybridized carbons (Fsp3) is 0.308. The normalized spacial score (nSPS) is 15.1. The Bertz CT molecular complexity index is 588. The predicted octanol–water partition coefficient (Wildman–Crippen LogP) is 4.27. The fourth-order valence-corrected chi connectivity index (χ4v) is 2.88. The Hall–Kier alpha value is -1.05. The highest BCUT2D eigenvalue weighted by molar-refractivity contribution is 7.98. The van der Waals surface area contributed by atoms with Crippen LogP contribution in [0.5, 0.6) is 0 Å². The minimum Gasteiger partial charge on any atom is -0.313 e. The number of nitrogens with two attached hydrogens (primary N) is 1. The number of hydrogen-bond donors (Lipinski definition) is 1. The monoisotopic (exact) mass is 318 g/mol. The van der Waals surface area contributed by atoms with Crippen molar-refractivity contribution in [3.63, 3.8) is 0 Å². The lowest BCUT2D eigenvalue weighted by atomic mass is 10.00. The molecule has 0 fully saturated rings. The van der Waals surface area contributed by atoms with E-state index >= 15 is 0 Å². The van der Waals surface area contributed by atoms with Crippen molar-refractivity contribution in [3.05, 3.63) is 35.3 Å². The lowest BCUT2D eigenvalue weighted by Gasteiger charge is -2.25. The van der Waals surface area contributed by atoms with Gasteiger partial charge in [0.25, 0.3) is 0 Å². The van der Waals surface area contributed by atoms with Gasteiger partial charge in [-0.15, -0.1) is 23.1 Å². The Morgan fingerprint density at radius 1 is 1.20 bits per heavy atom. The number of hydrogen-bond acceptors (Lipinski definition) is 4. The first-order valence-electron chi connectivity index (χ1n) is 5.72. The third-order valence-corrected chi connectivity index (χ3v) is 4.60. The third kappa shape index (κ3) is 2.84. The maximum absolute atomic E-state index is 12.9. The van der Waals surface area contributed by atoms with Gasteiger partial charge in [-0.2, -0.15) is 13.2 Å². The number of thioether (sulfide) groups is 1. The molecular weight excluding hydrogens is 305 g/mol. The maximum atomic E-state index is 12.9. The summed E-state index contributed by atoms with van der Waals surface area (Å²) in [5, 5.41) is 1.90. The highest BCUT2D eigenvalue weighted by Gasteiger charge is 2.51. The van der Waals surface area contributed by atoms with E-state index in [0.717, 1.165) is 28.7 Å². The molecule has 1 aromatic heterocycles. The molecule has 0 saturated heterocycles. The standard InChI is InChI=1S/C13H13F3N2S2/c1-12(17,13(14,15)16)10-7-20-11(18-10)8-3-5-9(19-2)6-4-8/h3-7H,17H2,1-2H3. The van der Waals surface area contributed by atoms with Crippen LogP contribution in [-0.2, 0) is 5.54 Å². The average molecular weight is 318 g/mol. The molecule has 1 unspecified atom stereocenters. The Balaban J connectivity index is 2.33. The van der Waals surface area contributed by atoms with Gasteiger partial charge in [-0.25, -0.2) is 4.98 Å². The van der Waals surface area contributed by atoms with Crippen LogP contribution in [0.2, 0.25) is 0 Å². The van der Waals surface area contributed by atoms with Crippen LogP contribution in [0.3, 0.4) is 0 Å². The van der Waals surface area contributed by atoms with Crippen LogP contribution in [0.1, 0.15) is 12.6 Å². The topological polar surface area (TPSA) is 38.9 Å². The molecule has 2 rings (SSSR count). The smallest absolute Gasteiger partial charge is 0.313 e. The first-order chi connectivity index (χ1) is 9.25. The van der Waals surface area contributed by atoms with Crippen molar-refractivity contribution in [1.82, 2.24) is 4.98 Å². The summed E-state index contributed by atoms with van der Waals surface area (Å²) in [5.41, 5.74) is 3.57. The van der Waals surface area contributed by atoms with Crippen LogP contribution in [0, 0.1) is 0 Å². The number of benzene rings is 1. The molecule has 20 heavy (non-hydrogen) atoms. The lowest BCUT2D eigenvalue weighted by molar-refractivity contribution is -0.185. The number of nitrogens with zero attached hydrogens (tertiary/aromatic N) is 1. The van der Waals surface area contributed by atoms with Gasteiger partial charge in [-0.1, -0.05) is 12.1 Å². The zero-order chi connectivity index (χ0) is 15.0. The van der Waals surface area contributed by atoms with Crippen molar-refractivity contribution in [2.24, 2.45) is 5.73 Å². The molecule has 1 heterocycles. The van der Waals surface area contributed by atoms with Crippen molar-refractivity contribution in [1.29, 1.82) is 0 Å². The average Bonchev–Trinajstić information content (AvgIpc) is 2.87. The molecule has 7 heteroatoms. The molecule has 0 amide bonds. The second-order valence-corrected chi connectivity index (χ2v) is 6.20. The molecule has 0 aliphatic rings. The minimum atomic E-state index is -4.53. The number of halogens is 3. The Labute approximate surface area is 123 Å². The molecule has 108 valence electrons. The van der Waals surface area contributed by atoms with Crippen molar-refractivity contribution < 1.29 is 13.2 Å². The highest BCUT2D eigenvalue weighted by Crippen LogP contribution is 2.38. The number of thiazole rings is 1. The number of aromatic nitrogens is 1. The summed E-state index contributed by atoms with van der Waals surface area (Å²) >= 11 is 2.76. The molecule has 2 nitrogen and oxygen atoms in total. The van der Waals surface area contributed by atoms with Gasteiger partial charge < -0.3 is 5.73 Å². The molecular formula is C13H13F3N2S2. The summed E-state index contributed by atoms with van der Waals surface area (Å²) in [4.78, 5) is 5.13. The Morgan fingerprint density at radius 3 is 2.30 bits per heavy atom. The summed E-state index contributed by atoms with van der Waals surface area (Å²) < 4.78 is 38.6. The van der Waals surface area contributed by atoms with E-state index in [2.05, 4.69) is 4.98 Å². The molecule has 0 radical (unpaired) electrons. The van der Waals surface area contributed by atoms with E-state index in [4.69, 9.17) is 5.73 Å². The molecule has 1 aromatic carbocycles. The largest absolute Gasteiger partial charge is 0.411 e. The van der Waals surface area contributed by atoms with E-state index in [0.29, 0.717) is 5.01 Å². The molecule has 2 N–H and O–H groups in total. The van der Waals surface area contributed by atoms with Crippen molar-refractivity contribution in [3.8, 4) is 10.6 Å². The summed E-state index contributed by atoms with van der Waals surface area (Å²) in [5.74, 6) is 0. The fourth-order valence-electron chi connectivity index (χ4n) is 1.52. The van der Waals surface area contributed by atoms with Crippen LogP contribution >= 0.6 is 23.1 Å². The summed E-state index contributed by atoms with van der Waals surface area (Å²) in [6.45, 7) is 0.933. The molecule has 0 saturated carbocycles. The SMILES string of the molecule is CSc1ccc(-c2nc(C(C)(N)C(F)(F)F)cs2)cc1. The lowest BCUT2D eigenvalue weighted by Crippen LogP contribution is -2.47. The van der Waals surface area contributed by atoms with Gasteiger partial charge in [0, 0.05) is 15.8 Å². The van der Waals surface area contributed by atoms with Gasteiger partial charge >= 0.3 is 6.18 Å². The zero-order valence-corrected chi connectivity index (χ0v) is 12.5. The number of rotatable bonds is 3. The minimum absolute atomic E-state index is 0.154. The van der Waals surface area contributed by atoms with Crippen LogP contribution in [0.15, 0.2) is 34.5 Å². The maximum Gasteiger partial charge on any atom is 0.411 e. The van der Waals surface area contributed by atoms with Crippen LogP contribution in [0.4, 0.5) is 13.2 Å². The van der Waals surface area contributed by atoms with E-state index in [1.54, 1.807) is 11.8 Å². The second kappa shape index (κ2) is 5.38. The third-order valence-electron chi connectivity index (χ3n) is 2.96. The van der Waals surface area contributed by atoms with E-state index in [1.165, 1.54) is 5.38 Å². The van der Waals surface area contributed by atoms with Crippen molar-refractivity contribution >= 4 is 23.1 Å². The van der Waals surface area contributed by atoms with E-state index < -0.39 is 11.7 Å². The zero-order valence-electron chi connectivity index (χ0n) is 10.9. The first-order valence-corrected chi connectivity index (χ1v) is 7.82. The highest BCUT2D eigenvalue weighted by atomic mass is 32.2. The molecule has 0 aliphatic heterocycles. The van der Waals surface area contributed by atoms with E-state index in [-0.39, 0.29) is 5.69 Å². The van der Waals surface area contributed by atoms with Gasteiger partial charge in [0.2, 0.25) is 0 Å². The summed E-state index contributed by atoms with van der Waals surface area (Å²) in [7, 11) is 0. The van der Waals surface area contributed by atoms with Crippen molar-refractivity contribution in [2.45, 2.75) is 23.5 Å². The molecule has 0 aliphatic carbocycles. The molecule has 1 atom stereocenters. The predicted molar refractivity (Wildman–Crippen MR) is 76.9 cm³/mol. The summed E-state index contributed by atoms with van der Waals surface area (Å²) in [6, 6.07) is 7.50.